The highest BCUT2D eigenvalue weighted by atomic mass is 19.3. The van der Waals surface area contributed by atoms with E-state index in [-0.39, 0.29) is 37.1 Å². The van der Waals surface area contributed by atoms with Crippen LogP contribution in [0.4, 0.5) is 8.78 Å². The number of nitrogens with zero attached hydrogens (tertiary/aromatic N) is 3. The van der Waals surface area contributed by atoms with Crippen LogP contribution in [0.15, 0.2) is 36.5 Å². The van der Waals surface area contributed by atoms with Gasteiger partial charge in [-0.15, -0.1) is 0 Å². The van der Waals surface area contributed by atoms with Crippen LogP contribution in [0, 0.1) is 6.92 Å². The first-order valence-corrected chi connectivity index (χ1v) is 9.36. The number of alkyl halides is 2. The second kappa shape index (κ2) is 7.00. The van der Waals surface area contributed by atoms with Crippen LogP contribution >= 0.6 is 0 Å². The number of aryl methyl sites for hydroxylation is 1. The van der Waals surface area contributed by atoms with Crippen molar-refractivity contribution in [2.24, 2.45) is 0 Å². The molecule has 2 aromatic rings. The van der Waals surface area contributed by atoms with Crippen LogP contribution in [-0.4, -0.2) is 45.0 Å². The topological polar surface area (TPSA) is 67.2 Å². The van der Waals surface area contributed by atoms with Crippen LogP contribution in [0.2, 0.25) is 0 Å². The minimum absolute atomic E-state index is 0.0916. The van der Waals surface area contributed by atoms with E-state index in [2.05, 4.69) is 10.4 Å². The molecule has 1 aliphatic heterocycles. The SMILES string of the molecule is Cc1cccc(C(=O)N2Cc3ccnn3C(CC(=O)NC3CC(F)(F)C3)C2)c1. The van der Waals surface area contributed by atoms with Crippen molar-refractivity contribution < 1.29 is 18.4 Å². The number of benzene rings is 1. The average molecular weight is 388 g/mol. The summed E-state index contributed by atoms with van der Waals surface area (Å²) in [6, 6.07) is 8.41. The largest absolute Gasteiger partial charge is 0.353 e. The van der Waals surface area contributed by atoms with Crippen LogP contribution in [-0.2, 0) is 11.3 Å². The van der Waals surface area contributed by atoms with Crippen LogP contribution in [0.1, 0.15) is 46.9 Å². The summed E-state index contributed by atoms with van der Waals surface area (Å²) in [6.45, 7) is 2.69. The van der Waals surface area contributed by atoms with Crippen molar-refractivity contribution in [1.29, 1.82) is 0 Å². The molecule has 28 heavy (non-hydrogen) atoms. The highest BCUT2D eigenvalue weighted by Gasteiger charge is 2.46. The fourth-order valence-corrected chi connectivity index (χ4v) is 3.92. The molecule has 4 rings (SSSR count). The van der Waals surface area contributed by atoms with E-state index >= 15 is 0 Å². The Hall–Kier alpha value is -2.77. The molecule has 1 aromatic carbocycles. The van der Waals surface area contributed by atoms with Gasteiger partial charge in [0.2, 0.25) is 5.91 Å². The van der Waals surface area contributed by atoms with Crippen molar-refractivity contribution in [3.63, 3.8) is 0 Å². The van der Waals surface area contributed by atoms with Crippen LogP contribution in [0.5, 0.6) is 0 Å². The van der Waals surface area contributed by atoms with Gasteiger partial charge in [0.1, 0.15) is 0 Å². The third-order valence-electron chi connectivity index (χ3n) is 5.31. The summed E-state index contributed by atoms with van der Waals surface area (Å²) in [5, 5.41) is 6.95. The Morgan fingerprint density at radius 2 is 2.07 bits per heavy atom. The van der Waals surface area contributed by atoms with E-state index in [1.165, 1.54) is 0 Å². The predicted octanol–water partition coefficient (Wildman–Crippen LogP) is 2.69. The molecular weight excluding hydrogens is 366 g/mol. The van der Waals surface area contributed by atoms with Gasteiger partial charge in [0.05, 0.1) is 24.7 Å². The number of carbonyl (C=O) groups is 2. The molecule has 6 nitrogen and oxygen atoms in total. The molecular formula is C20H22F2N4O2. The lowest BCUT2D eigenvalue weighted by atomic mass is 9.88. The van der Waals surface area contributed by atoms with Gasteiger partial charge in [-0.3, -0.25) is 14.3 Å². The first kappa shape index (κ1) is 18.6. The third kappa shape index (κ3) is 3.76. The van der Waals surface area contributed by atoms with Crippen LogP contribution in [0.3, 0.4) is 0 Å². The van der Waals surface area contributed by atoms with E-state index in [9.17, 15) is 18.4 Å². The van der Waals surface area contributed by atoms with Gasteiger partial charge in [-0.05, 0) is 25.1 Å². The minimum atomic E-state index is -2.67. The van der Waals surface area contributed by atoms with Gasteiger partial charge in [0.15, 0.2) is 0 Å². The van der Waals surface area contributed by atoms with Crippen molar-refractivity contribution in [3.05, 3.63) is 53.3 Å². The molecule has 8 heteroatoms. The molecule has 148 valence electrons. The predicted molar refractivity (Wildman–Crippen MR) is 97.9 cm³/mol. The smallest absolute Gasteiger partial charge is 0.254 e. The maximum Gasteiger partial charge on any atom is 0.254 e. The number of hydrogen-bond acceptors (Lipinski definition) is 3. The standard InChI is InChI=1S/C20H22F2N4O2/c1-13-3-2-4-14(7-13)19(28)25-11-16-5-6-23-26(16)17(12-25)8-18(27)24-15-9-20(21,22)10-15/h2-7,15,17H,8-12H2,1H3,(H,24,27). The fraction of sp³-hybridized carbons (Fsp3) is 0.450. The van der Waals surface area contributed by atoms with E-state index in [1.54, 1.807) is 21.8 Å². The number of nitrogens with one attached hydrogen (secondary N) is 1. The Balaban J connectivity index is 1.45. The normalized spacial score (nSPS) is 21.0. The van der Waals surface area contributed by atoms with Gasteiger partial charge < -0.3 is 10.2 Å². The van der Waals surface area contributed by atoms with Gasteiger partial charge in [0.25, 0.3) is 11.8 Å². The maximum atomic E-state index is 13.0. The molecule has 0 saturated heterocycles. The second-order valence-corrected chi connectivity index (χ2v) is 7.71. The fourth-order valence-electron chi connectivity index (χ4n) is 3.92. The van der Waals surface area contributed by atoms with Crippen molar-refractivity contribution >= 4 is 11.8 Å². The molecule has 2 amide bonds. The monoisotopic (exact) mass is 388 g/mol. The average Bonchev–Trinajstić information content (AvgIpc) is 3.08. The number of rotatable bonds is 4. The minimum Gasteiger partial charge on any atom is -0.353 e. The van der Waals surface area contributed by atoms with Gasteiger partial charge in [-0.2, -0.15) is 5.10 Å². The number of aromatic nitrogens is 2. The molecule has 2 aliphatic rings. The highest BCUT2D eigenvalue weighted by molar-refractivity contribution is 5.94. The summed E-state index contributed by atoms with van der Waals surface area (Å²) in [6.07, 6.45) is 1.12. The number of fused-ring (bicyclic) bond motifs is 1. The summed E-state index contributed by atoms with van der Waals surface area (Å²) in [5.41, 5.74) is 2.45. The van der Waals surface area contributed by atoms with Gasteiger partial charge >= 0.3 is 0 Å². The van der Waals surface area contributed by atoms with E-state index in [0.717, 1.165) is 11.3 Å². The lowest BCUT2D eigenvalue weighted by molar-refractivity contribution is -0.130. The van der Waals surface area contributed by atoms with E-state index in [0.29, 0.717) is 18.7 Å². The summed E-state index contributed by atoms with van der Waals surface area (Å²) in [5.74, 6) is -3.06. The molecule has 0 bridgehead atoms. The van der Waals surface area contributed by atoms with E-state index in [4.69, 9.17) is 0 Å². The molecule has 2 heterocycles. The zero-order valence-corrected chi connectivity index (χ0v) is 15.6. The molecule has 1 aliphatic carbocycles. The Labute approximate surface area is 161 Å². The summed E-state index contributed by atoms with van der Waals surface area (Å²) >= 11 is 0. The Kier molecular flexibility index (Phi) is 4.64. The number of halogens is 2. The highest BCUT2D eigenvalue weighted by Crippen LogP contribution is 2.37. The van der Waals surface area contributed by atoms with Crippen molar-refractivity contribution in [1.82, 2.24) is 20.0 Å². The molecule has 0 spiro atoms. The van der Waals surface area contributed by atoms with Crippen molar-refractivity contribution in [2.75, 3.05) is 6.54 Å². The zero-order valence-electron chi connectivity index (χ0n) is 15.6. The molecule has 1 unspecified atom stereocenters. The van der Waals surface area contributed by atoms with E-state index < -0.39 is 12.0 Å². The zero-order chi connectivity index (χ0) is 19.9. The molecule has 1 saturated carbocycles. The van der Waals surface area contributed by atoms with Crippen LogP contribution < -0.4 is 5.32 Å². The Bertz CT molecular complexity index is 903. The maximum absolute atomic E-state index is 13.0. The molecule has 1 aromatic heterocycles. The summed E-state index contributed by atoms with van der Waals surface area (Å²) in [4.78, 5) is 27.0. The first-order valence-electron chi connectivity index (χ1n) is 9.36. The molecule has 1 N–H and O–H groups in total. The van der Waals surface area contributed by atoms with Crippen molar-refractivity contribution in [2.45, 2.75) is 50.7 Å². The number of carbonyl (C=O) groups excluding carboxylic acids is 2. The van der Waals surface area contributed by atoms with E-state index in [1.807, 2.05) is 31.2 Å². The van der Waals surface area contributed by atoms with Crippen molar-refractivity contribution in [3.8, 4) is 0 Å². The lowest BCUT2D eigenvalue weighted by Gasteiger charge is -2.37. The molecule has 1 atom stereocenters. The van der Waals surface area contributed by atoms with Gasteiger partial charge in [-0.1, -0.05) is 17.7 Å². The lowest BCUT2D eigenvalue weighted by Crippen LogP contribution is -2.51. The second-order valence-electron chi connectivity index (χ2n) is 7.71. The van der Waals surface area contributed by atoms with Crippen LogP contribution in [0.25, 0.3) is 0 Å². The quantitative estimate of drug-likeness (QED) is 0.876. The Morgan fingerprint density at radius 1 is 1.29 bits per heavy atom. The number of hydrogen-bond donors (Lipinski definition) is 1. The summed E-state index contributed by atoms with van der Waals surface area (Å²) in [7, 11) is 0. The first-order chi connectivity index (χ1) is 13.3. The van der Waals surface area contributed by atoms with Gasteiger partial charge in [-0.25, -0.2) is 8.78 Å². The Morgan fingerprint density at radius 3 is 2.79 bits per heavy atom. The summed E-state index contributed by atoms with van der Waals surface area (Å²) < 4.78 is 27.7. The molecule has 1 fully saturated rings. The number of amides is 2. The molecule has 0 radical (unpaired) electrons. The third-order valence-corrected chi connectivity index (χ3v) is 5.31. The van der Waals surface area contributed by atoms with Gasteiger partial charge in [0, 0.05) is 37.2 Å².